The minimum Gasteiger partial charge on any atom is -0.492 e. The number of likely N-dealkylation sites (N-methyl/N-ethyl adjacent to an activating group) is 1. The Morgan fingerprint density at radius 2 is 2.03 bits per heavy atom. The average Bonchev–Trinajstić information content (AvgIpc) is 3.08. The lowest BCUT2D eigenvalue weighted by Crippen LogP contribution is -2.31. The zero-order valence-electron chi connectivity index (χ0n) is 16.4. The van der Waals surface area contributed by atoms with Crippen LogP contribution in [0.1, 0.15) is 12.0 Å². The monoisotopic (exact) mass is 474 g/mol. The molecule has 0 aliphatic rings. The molecule has 1 N–H and O–H groups in total. The number of carbonyl (C=O) groups is 1. The smallest absolute Gasteiger partial charge is 0.224 e. The summed E-state index contributed by atoms with van der Waals surface area (Å²) in [6, 6.07) is 15.7. The number of nitrogens with zero attached hydrogens (tertiary/aromatic N) is 3. The molecular formula is C21H23BrN4O2S. The zero-order chi connectivity index (χ0) is 20.8. The number of benzene rings is 2. The van der Waals surface area contributed by atoms with Crippen molar-refractivity contribution in [2.24, 2.45) is 0 Å². The predicted molar refractivity (Wildman–Crippen MR) is 119 cm³/mol. The maximum absolute atomic E-state index is 12.5. The number of rotatable bonds is 8. The van der Waals surface area contributed by atoms with Crippen LogP contribution in [0.5, 0.6) is 5.75 Å². The molecule has 29 heavy (non-hydrogen) atoms. The molecule has 0 aliphatic carbocycles. The number of amides is 1. The minimum atomic E-state index is 0.0303. The first-order valence-electron chi connectivity index (χ1n) is 9.28. The maximum atomic E-state index is 12.5. The lowest BCUT2D eigenvalue weighted by molar-refractivity contribution is -0.130. The molecule has 2 aromatic carbocycles. The first-order chi connectivity index (χ1) is 13.9. The summed E-state index contributed by atoms with van der Waals surface area (Å²) in [6.07, 6.45) is 0.335. The van der Waals surface area contributed by atoms with Crippen LogP contribution < -0.4 is 4.74 Å². The number of hydrogen-bond donors (Lipinski definition) is 1. The van der Waals surface area contributed by atoms with E-state index >= 15 is 0 Å². The lowest BCUT2D eigenvalue weighted by atomic mass is 10.1. The van der Waals surface area contributed by atoms with Gasteiger partial charge in [0.05, 0.1) is 6.54 Å². The number of carbonyl (C=O) groups excluding carboxylic acids is 1. The van der Waals surface area contributed by atoms with Crippen molar-refractivity contribution in [2.45, 2.75) is 19.9 Å². The van der Waals surface area contributed by atoms with E-state index in [0.717, 1.165) is 27.2 Å². The molecule has 0 unspecified atom stereocenters. The number of H-pyrrole nitrogens is 1. The van der Waals surface area contributed by atoms with Crippen LogP contribution in [-0.4, -0.2) is 45.8 Å². The molecule has 0 radical (unpaired) electrons. The normalized spacial score (nSPS) is 10.7. The van der Waals surface area contributed by atoms with Gasteiger partial charge >= 0.3 is 0 Å². The van der Waals surface area contributed by atoms with Crippen molar-refractivity contribution in [2.75, 3.05) is 20.2 Å². The third-order valence-electron chi connectivity index (χ3n) is 4.52. The average molecular weight is 475 g/mol. The van der Waals surface area contributed by atoms with Gasteiger partial charge in [-0.2, -0.15) is 5.10 Å². The fourth-order valence-corrected chi connectivity index (χ4v) is 3.37. The second-order valence-corrected chi connectivity index (χ2v) is 8.04. The summed E-state index contributed by atoms with van der Waals surface area (Å²) < 4.78 is 9.07. The Bertz CT molecular complexity index is 1030. The number of nitrogens with one attached hydrogen (secondary N) is 1. The van der Waals surface area contributed by atoms with Crippen LogP contribution in [0.2, 0.25) is 0 Å². The van der Waals surface area contributed by atoms with Crippen molar-refractivity contribution in [3.05, 3.63) is 63.3 Å². The largest absolute Gasteiger partial charge is 0.492 e. The molecule has 0 saturated heterocycles. The van der Waals surface area contributed by atoms with E-state index in [2.05, 4.69) is 32.2 Å². The van der Waals surface area contributed by atoms with Crippen molar-refractivity contribution in [1.82, 2.24) is 19.7 Å². The first kappa shape index (κ1) is 21.3. The van der Waals surface area contributed by atoms with Crippen LogP contribution in [0, 0.1) is 11.7 Å². The summed E-state index contributed by atoms with van der Waals surface area (Å²) in [6.45, 7) is 3.44. The Hall–Kier alpha value is -2.45. The van der Waals surface area contributed by atoms with Gasteiger partial charge in [0.1, 0.15) is 12.4 Å². The van der Waals surface area contributed by atoms with Gasteiger partial charge in [-0.25, -0.2) is 0 Å². The van der Waals surface area contributed by atoms with Crippen molar-refractivity contribution < 1.29 is 9.53 Å². The number of aromatic amines is 1. The van der Waals surface area contributed by atoms with Crippen LogP contribution >= 0.6 is 28.1 Å². The highest BCUT2D eigenvalue weighted by atomic mass is 79.9. The molecule has 152 valence electrons. The summed E-state index contributed by atoms with van der Waals surface area (Å²) in [4.78, 5) is 14.2. The van der Waals surface area contributed by atoms with Gasteiger partial charge in [0, 0.05) is 30.0 Å². The van der Waals surface area contributed by atoms with E-state index in [9.17, 15) is 4.79 Å². The number of aromatic nitrogens is 3. The molecule has 1 heterocycles. The van der Waals surface area contributed by atoms with E-state index in [-0.39, 0.29) is 5.91 Å². The van der Waals surface area contributed by atoms with Crippen LogP contribution in [0.4, 0.5) is 0 Å². The standard InChI is InChI=1S/C21H23BrN4O2S/c1-15-4-3-5-16(14-15)20-23-24-21(29)26(20)11-10-19(27)25(2)12-13-28-18-8-6-17(22)7-9-18/h3-9,14H,10-13H2,1-2H3,(H,24,29). The van der Waals surface area contributed by atoms with Crippen LogP contribution in [0.3, 0.4) is 0 Å². The van der Waals surface area contributed by atoms with Gasteiger partial charge in [-0.1, -0.05) is 39.7 Å². The second-order valence-electron chi connectivity index (χ2n) is 6.74. The molecule has 6 nitrogen and oxygen atoms in total. The van der Waals surface area contributed by atoms with Gasteiger partial charge in [-0.3, -0.25) is 14.5 Å². The van der Waals surface area contributed by atoms with Gasteiger partial charge < -0.3 is 9.64 Å². The van der Waals surface area contributed by atoms with Gasteiger partial charge in [0.25, 0.3) is 0 Å². The Balaban J connectivity index is 1.54. The van der Waals surface area contributed by atoms with Crippen LogP contribution in [-0.2, 0) is 11.3 Å². The van der Waals surface area contributed by atoms with Crippen molar-refractivity contribution in [1.29, 1.82) is 0 Å². The number of hydrogen-bond acceptors (Lipinski definition) is 4. The Kier molecular flexibility index (Phi) is 7.22. The van der Waals surface area contributed by atoms with Crippen LogP contribution in [0.15, 0.2) is 53.0 Å². The molecule has 3 aromatic rings. The fourth-order valence-electron chi connectivity index (χ4n) is 2.88. The molecule has 1 aromatic heterocycles. The Labute approximate surface area is 183 Å². The summed E-state index contributed by atoms with van der Waals surface area (Å²) in [5.41, 5.74) is 2.12. The quantitative estimate of drug-likeness (QED) is 0.484. The van der Waals surface area contributed by atoms with Gasteiger partial charge in [-0.15, -0.1) is 0 Å². The van der Waals surface area contributed by atoms with Crippen molar-refractivity contribution in [3.63, 3.8) is 0 Å². The third kappa shape index (κ3) is 5.77. The lowest BCUT2D eigenvalue weighted by Gasteiger charge is -2.18. The summed E-state index contributed by atoms with van der Waals surface area (Å²) in [5.74, 6) is 1.55. The molecule has 0 bridgehead atoms. The molecule has 3 rings (SSSR count). The van der Waals surface area contributed by atoms with Crippen molar-refractivity contribution >= 4 is 34.1 Å². The molecule has 8 heteroatoms. The molecule has 0 saturated carbocycles. The van der Waals surface area contributed by atoms with Gasteiger partial charge in [-0.05, 0) is 49.5 Å². The van der Waals surface area contributed by atoms with Gasteiger partial charge in [0.2, 0.25) is 5.91 Å². The number of ether oxygens (including phenoxy) is 1. The number of aryl methyl sites for hydroxylation is 1. The summed E-state index contributed by atoms with van der Waals surface area (Å²) >= 11 is 8.75. The van der Waals surface area contributed by atoms with Gasteiger partial charge in [0.15, 0.2) is 10.6 Å². The highest BCUT2D eigenvalue weighted by Gasteiger charge is 2.13. The predicted octanol–water partition coefficient (Wildman–Crippen LogP) is 4.61. The summed E-state index contributed by atoms with van der Waals surface area (Å²) in [5, 5.41) is 7.17. The number of halogens is 1. The van der Waals surface area contributed by atoms with Crippen LogP contribution in [0.25, 0.3) is 11.4 Å². The molecule has 0 spiro atoms. The SMILES string of the molecule is Cc1cccc(-c2n[nH]c(=S)n2CCC(=O)N(C)CCOc2ccc(Br)cc2)c1. The molecular weight excluding hydrogens is 452 g/mol. The second kappa shape index (κ2) is 9.84. The van der Waals surface area contributed by atoms with Crippen molar-refractivity contribution in [3.8, 4) is 17.1 Å². The summed E-state index contributed by atoms with van der Waals surface area (Å²) in [7, 11) is 1.78. The van der Waals surface area contributed by atoms with E-state index in [4.69, 9.17) is 17.0 Å². The third-order valence-corrected chi connectivity index (χ3v) is 5.36. The highest BCUT2D eigenvalue weighted by molar-refractivity contribution is 9.10. The highest BCUT2D eigenvalue weighted by Crippen LogP contribution is 2.19. The maximum Gasteiger partial charge on any atom is 0.224 e. The molecule has 0 atom stereocenters. The fraction of sp³-hybridized carbons (Fsp3) is 0.286. The van der Waals surface area contributed by atoms with E-state index in [0.29, 0.717) is 30.9 Å². The van der Waals surface area contributed by atoms with E-state index < -0.39 is 0 Å². The Morgan fingerprint density at radius 3 is 2.76 bits per heavy atom. The van der Waals surface area contributed by atoms with E-state index in [1.165, 1.54) is 0 Å². The topological polar surface area (TPSA) is 63.2 Å². The first-order valence-corrected chi connectivity index (χ1v) is 10.5. The molecule has 1 amide bonds. The zero-order valence-corrected chi connectivity index (χ0v) is 18.8. The minimum absolute atomic E-state index is 0.0303. The van der Waals surface area contributed by atoms with E-state index in [1.54, 1.807) is 11.9 Å². The molecule has 0 fully saturated rings. The van der Waals surface area contributed by atoms with E-state index in [1.807, 2.05) is 54.0 Å². The molecule has 0 aliphatic heterocycles. The Morgan fingerprint density at radius 1 is 1.28 bits per heavy atom.